The van der Waals surface area contributed by atoms with Crippen molar-refractivity contribution in [3.63, 3.8) is 0 Å². The third-order valence-electron chi connectivity index (χ3n) is 4.52. The van der Waals surface area contributed by atoms with E-state index in [1.54, 1.807) is 36.4 Å². The molecule has 0 spiro atoms. The molecule has 3 rings (SSSR count). The molecule has 1 aromatic carbocycles. The number of aromatic nitrogens is 3. The highest BCUT2D eigenvalue weighted by molar-refractivity contribution is 6.34. The van der Waals surface area contributed by atoms with Crippen LogP contribution in [-0.4, -0.2) is 58.1 Å². The zero-order valence-electron chi connectivity index (χ0n) is 17.7. The first-order valence-corrected chi connectivity index (χ1v) is 10.3. The highest BCUT2D eigenvalue weighted by Crippen LogP contribution is 2.18. The molecule has 2 heterocycles. The number of aromatic amines is 1. The molecule has 9 nitrogen and oxygen atoms in total. The summed E-state index contributed by atoms with van der Waals surface area (Å²) in [6.07, 6.45) is 3.69. The van der Waals surface area contributed by atoms with Gasteiger partial charge >= 0.3 is 0 Å². The first-order chi connectivity index (χ1) is 15.3. The van der Waals surface area contributed by atoms with Crippen LogP contribution in [0.3, 0.4) is 0 Å². The number of imidazole rings is 1. The minimum Gasteiger partial charge on any atom is -0.340 e. The van der Waals surface area contributed by atoms with E-state index in [4.69, 9.17) is 11.6 Å². The molecule has 10 heteroatoms. The van der Waals surface area contributed by atoms with Crippen LogP contribution >= 0.6 is 11.6 Å². The van der Waals surface area contributed by atoms with Crippen molar-refractivity contribution < 1.29 is 14.4 Å². The van der Waals surface area contributed by atoms with Crippen LogP contribution < -0.4 is 10.6 Å². The van der Waals surface area contributed by atoms with Gasteiger partial charge in [-0.15, -0.1) is 0 Å². The number of nitrogens with zero attached hydrogens (tertiary/aromatic N) is 3. The Morgan fingerprint density at radius 1 is 1.03 bits per heavy atom. The molecular formula is C22H23ClN6O3. The maximum absolute atomic E-state index is 12.6. The summed E-state index contributed by atoms with van der Waals surface area (Å²) in [6, 6.07) is 9.81. The van der Waals surface area contributed by atoms with Gasteiger partial charge in [0, 0.05) is 6.42 Å². The SMILES string of the molecule is CN(C)CCCC(=O)c1nc[nH]c1C(=O)Nc1ccc(NC(=O)c2ccccc2Cl)nc1. The van der Waals surface area contributed by atoms with Crippen LogP contribution in [0.15, 0.2) is 48.9 Å². The lowest BCUT2D eigenvalue weighted by Gasteiger charge is -2.09. The lowest BCUT2D eigenvalue weighted by atomic mass is 10.1. The van der Waals surface area contributed by atoms with E-state index in [-0.39, 0.29) is 17.2 Å². The first-order valence-electron chi connectivity index (χ1n) is 9.89. The van der Waals surface area contributed by atoms with Crippen LogP contribution in [0.5, 0.6) is 0 Å². The Kier molecular flexibility index (Phi) is 7.69. The minimum absolute atomic E-state index is 0.0935. The van der Waals surface area contributed by atoms with Gasteiger partial charge in [-0.2, -0.15) is 0 Å². The molecule has 0 aliphatic heterocycles. The Morgan fingerprint density at radius 3 is 2.50 bits per heavy atom. The molecule has 2 aromatic heterocycles. The van der Waals surface area contributed by atoms with Crippen molar-refractivity contribution in [1.82, 2.24) is 19.9 Å². The van der Waals surface area contributed by atoms with Crippen molar-refractivity contribution in [2.75, 3.05) is 31.3 Å². The molecule has 0 aliphatic rings. The van der Waals surface area contributed by atoms with Crippen molar-refractivity contribution in [1.29, 1.82) is 0 Å². The Hall–Kier alpha value is -3.56. The predicted octanol–water partition coefficient (Wildman–Crippen LogP) is 3.49. The van der Waals surface area contributed by atoms with Gasteiger partial charge in [0.05, 0.1) is 28.8 Å². The quantitative estimate of drug-likeness (QED) is 0.426. The van der Waals surface area contributed by atoms with E-state index >= 15 is 0 Å². The fraction of sp³-hybridized carbons (Fsp3) is 0.227. The van der Waals surface area contributed by atoms with E-state index in [0.717, 1.165) is 6.54 Å². The highest BCUT2D eigenvalue weighted by Gasteiger charge is 2.20. The van der Waals surface area contributed by atoms with Crippen molar-refractivity contribution in [2.45, 2.75) is 12.8 Å². The number of ketones is 1. The van der Waals surface area contributed by atoms with Gasteiger partial charge in [-0.1, -0.05) is 23.7 Å². The van der Waals surface area contributed by atoms with Crippen molar-refractivity contribution in [2.24, 2.45) is 0 Å². The summed E-state index contributed by atoms with van der Waals surface area (Å²) in [5.74, 6) is -0.803. The number of nitrogens with one attached hydrogen (secondary N) is 3. The van der Waals surface area contributed by atoms with Crippen LogP contribution in [0.25, 0.3) is 0 Å². The molecule has 0 saturated carbocycles. The number of amides is 2. The van der Waals surface area contributed by atoms with Gasteiger partial charge in [-0.3, -0.25) is 14.4 Å². The second kappa shape index (κ2) is 10.7. The number of hydrogen-bond acceptors (Lipinski definition) is 6. The number of carbonyl (C=O) groups excluding carboxylic acids is 3. The summed E-state index contributed by atoms with van der Waals surface area (Å²) in [4.78, 5) is 50.2. The van der Waals surface area contributed by atoms with Crippen molar-refractivity contribution >= 4 is 40.7 Å². The molecule has 3 aromatic rings. The number of Topliss-reactive ketones (excluding diaryl/α,β-unsaturated/α-hetero) is 1. The first kappa shape index (κ1) is 23.1. The Labute approximate surface area is 190 Å². The van der Waals surface area contributed by atoms with E-state index in [1.165, 1.54) is 12.5 Å². The molecular weight excluding hydrogens is 432 g/mol. The number of halogens is 1. The predicted molar refractivity (Wildman–Crippen MR) is 122 cm³/mol. The van der Waals surface area contributed by atoms with E-state index in [1.807, 2.05) is 19.0 Å². The zero-order chi connectivity index (χ0) is 23.1. The van der Waals surface area contributed by atoms with E-state index in [0.29, 0.717) is 34.9 Å². The topological polar surface area (TPSA) is 120 Å². The molecule has 0 aliphatic carbocycles. The molecule has 3 N–H and O–H groups in total. The smallest absolute Gasteiger partial charge is 0.274 e. The molecule has 32 heavy (non-hydrogen) atoms. The summed E-state index contributed by atoms with van der Waals surface area (Å²) < 4.78 is 0. The average Bonchev–Trinajstić information content (AvgIpc) is 3.25. The number of anilines is 2. The fourth-order valence-electron chi connectivity index (χ4n) is 2.92. The van der Waals surface area contributed by atoms with Crippen LogP contribution in [0.1, 0.15) is 44.2 Å². The van der Waals surface area contributed by atoms with E-state index < -0.39 is 11.8 Å². The molecule has 0 bridgehead atoms. The normalized spacial score (nSPS) is 10.8. The van der Waals surface area contributed by atoms with Crippen LogP contribution in [0.4, 0.5) is 11.5 Å². The molecule has 0 saturated heterocycles. The zero-order valence-corrected chi connectivity index (χ0v) is 18.4. The minimum atomic E-state index is -0.506. The summed E-state index contributed by atoms with van der Waals surface area (Å²) >= 11 is 6.03. The number of pyridine rings is 1. The summed E-state index contributed by atoms with van der Waals surface area (Å²) in [7, 11) is 3.86. The maximum Gasteiger partial charge on any atom is 0.274 e. The number of hydrogen-bond donors (Lipinski definition) is 3. The second-order valence-corrected chi connectivity index (χ2v) is 7.68. The molecule has 0 radical (unpaired) electrons. The number of benzene rings is 1. The van der Waals surface area contributed by atoms with Gasteiger partial charge < -0.3 is 20.5 Å². The average molecular weight is 455 g/mol. The Balaban J connectivity index is 1.61. The summed E-state index contributed by atoms with van der Waals surface area (Å²) in [5, 5.41) is 5.65. The van der Waals surface area contributed by atoms with E-state index in [9.17, 15) is 14.4 Å². The van der Waals surface area contributed by atoms with Gasteiger partial charge in [0.1, 0.15) is 17.2 Å². The molecule has 0 unspecified atom stereocenters. The molecule has 166 valence electrons. The molecule has 2 amide bonds. The summed E-state index contributed by atoms with van der Waals surface area (Å²) in [5.41, 5.74) is 0.926. The van der Waals surface area contributed by atoms with E-state index in [2.05, 4.69) is 25.6 Å². The van der Waals surface area contributed by atoms with Gasteiger partial charge in [-0.05, 0) is 51.3 Å². The van der Waals surface area contributed by atoms with Crippen LogP contribution in [0, 0.1) is 0 Å². The Morgan fingerprint density at radius 2 is 1.81 bits per heavy atom. The van der Waals surface area contributed by atoms with Gasteiger partial charge in [0.15, 0.2) is 5.78 Å². The van der Waals surface area contributed by atoms with Gasteiger partial charge in [0.2, 0.25) is 0 Å². The van der Waals surface area contributed by atoms with Crippen molar-refractivity contribution in [3.8, 4) is 0 Å². The fourth-order valence-corrected chi connectivity index (χ4v) is 3.14. The number of carbonyl (C=O) groups is 3. The second-order valence-electron chi connectivity index (χ2n) is 7.28. The standard InChI is InChI=1S/C22H23ClN6O3/c1-29(2)11-5-8-17(30)19-20(26-13-25-19)22(32)27-14-9-10-18(24-12-14)28-21(31)15-6-3-4-7-16(15)23/h3-4,6-7,9-10,12-13H,5,8,11H2,1-2H3,(H,25,26)(H,27,32)(H,24,28,31). The largest absolute Gasteiger partial charge is 0.340 e. The maximum atomic E-state index is 12.6. The lowest BCUT2D eigenvalue weighted by molar-refractivity contribution is 0.0955. The number of H-pyrrole nitrogens is 1. The molecule has 0 fully saturated rings. The van der Waals surface area contributed by atoms with Crippen LogP contribution in [0.2, 0.25) is 5.02 Å². The Bertz CT molecular complexity index is 1110. The lowest BCUT2D eigenvalue weighted by Crippen LogP contribution is -2.18. The van der Waals surface area contributed by atoms with Gasteiger partial charge in [-0.25, -0.2) is 9.97 Å². The third kappa shape index (κ3) is 5.99. The third-order valence-corrected chi connectivity index (χ3v) is 4.85. The highest BCUT2D eigenvalue weighted by atomic mass is 35.5. The van der Waals surface area contributed by atoms with Crippen LogP contribution in [-0.2, 0) is 0 Å². The summed E-state index contributed by atoms with van der Waals surface area (Å²) in [6.45, 7) is 0.767. The monoisotopic (exact) mass is 454 g/mol. The molecule has 0 atom stereocenters. The van der Waals surface area contributed by atoms with Crippen molar-refractivity contribution in [3.05, 3.63) is 70.9 Å². The van der Waals surface area contributed by atoms with Gasteiger partial charge in [0.25, 0.3) is 11.8 Å². The number of rotatable bonds is 9.